The molecule has 1 aliphatic heterocycles. The van der Waals surface area contributed by atoms with E-state index >= 15 is 0 Å². The van der Waals surface area contributed by atoms with E-state index in [0.717, 1.165) is 42.9 Å². The van der Waals surface area contributed by atoms with Gasteiger partial charge in [0.15, 0.2) is 0 Å². The molecule has 1 amide bonds. The predicted octanol–water partition coefficient (Wildman–Crippen LogP) is 3.18. The molecule has 0 radical (unpaired) electrons. The highest BCUT2D eigenvalue weighted by Gasteiger charge is 2.23. The highest BCUT2D eigenvalue weighted by atomic mass is 16.2. The van der Waals surface area contributed by atoms with E-state index in [1.54, 1.807) is 6.92 Å². The van der Waals surface area contributed by atoms with Crippen molar-refractivity contribution < 1.29 is 4.79 Å². The van der Waals surface area contributed by atoms with Crippen LogP contribution in [0.15, 0.2) is 36.7 Å². The van der Waals surface area contributed by atoms with Gasteiger partial charge in [0.2, 0.25) is 5.91 Å². The van der Waals surface area contributed by atoms with E-state index in [2.05, 4.69) is 41.2 Å². The molecule has 0 spiro atoms. The summed E-state index contributed by atoms with van der Waals surface area (Å²) >= 11 is 0. The van der Waals surface area contributed by atoms with Crippen molar-refractivity contribution >= 4 is 5.91 Å². The van der Waals surface area contributed by atoms with E-state index in [1.807, 2.05) is 17.3 Å². The number of amides is 1. The number of likely N-dealkylation sites (tertiary alicyclic amines) is 1. The summed E-state index contributed by atoms with van der Waals surface area (Å²) in [5, 5.41) is 0. The van der Waals surface area contributed by atoms with Crippen LogP contribution in [0.2, 0.25) is 0 Å². The van der Waals surface area contributed by atoms with Crippen molar-refractivity contribution in [3.63, 3.8) is 0 Å². The number of rotatable bonds is 2. The van der Waals surface area contributed by atoms with Crippen molar-refractivity contribution in [1.29, 1.82) is 0 Å². The second-order valence-electron chi connectivity index (χ2n) is 6.00. The second kappa shape index (κ2) is 6.26. The Morgan fingerprint density at radius 1 is 1.18 bits per heavy atom. The lowest BCUT2D eigenvalue weighted by Gasteiger charge is -2.31. The van der Waals surface area contributed by atoms with E-state index < -0.39 is 0 Å². The van der Waals surface area contributed by atoms with Gasteiger partial charge in [0.05, 0.1) is 17.6 Å². The molecule has 4 nitrogen and oxygen atoms in total. The molecule has 3 rings (SSSR count). The first-order valence-corrected chi connectivity index (χ1v) is 7.78. The monoisotopic (exact) mass is 295 g/mol. The van der Waals surface area contributed by atoms with Crippen LogP contribution < -0.4 is 0 Å². The van der Waals surface area contributed by atoms with Gasteiger partial charge in [0, 0.05) is 37.7 Å². The van der Waals surface area contributed by atoms with Crippen LogP contribution in [-0.4, -0.2) is 33.9 Å². The number of carbonyl (C=O) groups excluding carboxylic acids is 1. The van der Waals surface area contributed by atoms with Gasteiger partial charge in [0.1, 0.15) is 0 Å². The van der Waals surface area contributed by atoms with Crippen molar-refractivity contribution in [3.8, 4) is 11.3 Å². The van der Waals surface area contributed by atoms with Gasteiger partial charge in [-0.05, 0) is 19.8 Å². The van der Waals surface area contributed by atoms with Crippen molar-refractivity contribution in [2.45, 2.75) is 32.6 Å². The van der Waals surface area contributed by atoms with Gasteiger partial charge in [-0.1, -0.05) is 29.8 Å². The van der Waals surface area contributed by atoms with Crippen LogP contribution in [-0.2, 0) is 4.79 Å². The second-order valence-corrected chi connectivity index (χ2v) is 6.00. The number of piperidine rings is 1. The fraction of sp³-hybridized carbons (Fsp3) is 0.389. The van der Waals surface area contributed by atoms with E-state index in [-0.39, 0.29) is 5.91 Å². The lowest BCUT2D eigenvalue weighted by molar-refractivity contribution is -0.130. The minimum atomic E-state index is 0.147. The van der Waals surface area contributed by atoms with Crippen LogP contribution in [0.25, 0.3) is 11.3 Å². The van der Waals surface area contributed by atoms with Gasteiger partial charge in [-0.25, -0.2) is 0 Å². The van der Waals surface area contributed by atoms with E-state index in [0.29, 0.717) is 5.92 Å². The predicted molar refractivity (Wildman–Crippen MR) is 86.4 cm³/mol. The number of aryl methyl sites for hydroxylation is 1. The molecule has 1 aromatic heterocycles. The minimum Gasteiger partial charge on any atom is -0.342 e. The Morgan fingerprint density at radius 3 is 2.59 bits per heavy atom. The van der Waals surface area contributed by atoms with Crippen LogP contribution in [0.3, 0.4) is 0 Å². The molecule has 1 saturated heterocycles. The molecule has 1 atom stereocenters. The van der Waals surface area contributed by atoms with Gasteiger partial charge < -0.3 is 4.90 Å². The summed E-state index contributed by atoms with van der Waals surface area (Å²) in [5.74, 6) is 0.450. The highest BCUT2D eigenvalue weighted by molar-refractivity contribution is 5.73. The molecular formula is C18H21N3O. The highest BCUT2D eigenvalue weighted by Crippen LogP contribution is 2.26. The Hall–Kier alpha value is -2.23. The van der Waals surface area contributed by atoms with Gasteiger partial charge in [-0.3, -0.25) is 14.8 Å². The van der Waals surface area contributed by atoms with Gasteiger partial charge in [0.25, 0.3) is 0 Å². The Bertz CT molecular complexity index is 649. The number of carbonyl (C=O) groups is 1. The van der Waals surface area contributed by atoms with Crippen LogP contribution in [0, 0.1) is 6.92 Å². The molecule has 1 unspecified atom stereocenters. The zero-order valence-corrected chi connectivity index (χ0v) is 13.1. The summed E-state index contributed by atoms with van der Waals surface area (Å²) < 4.78 is 0. The number of hydrogen-bond acceptors (Lipinski definition) is 3. The summed E-state index contributed by atoms with van der Waals surface area (Å²) in [6.07, 6.45) is 5.81. The summed E-state index contributed by atoms with van der Waals surface area (Å²) in [4.78, 5) is 22.6. The van der Waals surface area contributed by atoms with E-state index in [1.165, 1.54) is 5.56 Å². The van der Waals surface area contributed by atoms with Crippen LogP contribution in [0.4, 0.5) is 0 Å². The molecule has 0 bridgehead atoms. The van der Waals surface area contributed by atoms with Crippen molar-refractivity contribution in [1.82, 2.24) is 14.9 Å². The molecule has 2 aromatic rings. The maximum Gasteiger partial charge on any atom is 0.219 e. The van der Waals surface area contributed by atoms with Crippen molar-refractivity contribution in [3.05, 3.63) is 47.9 Å². The quantitative estimate of drug-likeness (QED) is 0.855. The molecule has 0 aliphatic carbocycles. The third-order valence-electron chi connectivity index (χ3n) is 4.30. The van der Waals surface area contributed by atoms with Gasteiger partial charge in [-0.15, -0.1) is 0 Å². The van der Waals surface area contributed by atoms with Crippen molar-refractivity contribution in [2.24, 2.45) is 0 Å². The van der Waals surface area contributed by atoms with Crippen LogP contribution in [0.5, 0.6) is 0 Å². The van der Waals surface area contributed by atoms with E-state index in [9.17, 15) is 4.79 Å². The topological polar surface area (TPSA) is 46.1 Å². The smallest absolute Gasteiger partial charge is 0.219 e. The minimum absolute atomic E-state index is 0.147. The normalized spacial score (nSPS) is 18.3. The number of nitrogens with zero attached hydrogens (tertiary/aromatic N) is 3. The maximum atomic E-state index is 11.5. The SMILES string of the molecule is CC(=O)N1CCCC(c2cnc(-c3ccc(C)cc3)cn2)C1. The van der Waals surface area contributed by atoms with Gasteiger partial charge >= 0.3 is 0 Å². The van der Waals surface area contributed by atoms with Gasteiger partial charge in [-0.2, -0.15) is 0 Å². The first kappa shape index (κ1) is 14.7. The summed E-state index contributed by atoms with van der Waals surface area (Å²) in [7, 11) is 0. The zero-order valence-electron chi connectivity index (χ0n) is 13.1. The summed E-state index contributed by atoms with van der Waals surface area (Å²) in [6.45, 7) is 5.32. The largest absolute Gasteiger partial charge is 0.342 e. The van der Waals surface area contributed by atoms with Crippen molar-refractivity contribution in [2.75, 3.05) is 13.1 Å². The first-order valence-electron chi connectivity index (χ1n) is 7.78. The lowest BCUT2D eigenvalue weighted by atomic mass is 9.95. The fourth-order valence-electron chi connectivity index (χ4n) is 2.93. The molecule has 0 saturated carbocycles. The maximum absolute atomic E-state index is 11.5. The zero-order chi connectivity index (χ0) is 15.5. The standard InChI is InChI=1S/C18H21N3O/c1-13-5-7-15(8-6-13)17-10-20-18(11-19-17)16-4-3-9-21(12-16)14(2)22/h5-8,10-11,16H,3-4,9,12H2,1-2H3. The van der Waals surface area contributed by atoms with Crippen LogP contribution in [0.1, 0.15) is 36.9 Å². The third-order valence-corrected chi connectivity index (χ3v) is 4.30. The summed E-state index contributed by atoms with van der Waals surface area (Å²) in [5.41, 5.74) is 4.20. The molecular weight excluding hydrogens is 274 g/mol. The average Bonchev–Trinajstić information content (AvgIpc) is 2.56. The number of hydrogen-bond donors (Lipinski definition) is 0. The first-order chi connectivity index (χ1) is 10.6. The fourth-order valence-corrected chi connectivity index (χ4v) is 2.93. The molecule has 1 aliphatic rings. The lowest BCUT2D eigenvalue weighted by Crippen LogP contribution is -2.37. The molecule has 2 heterocycles. The molecule has 1 aromatic carbocycles. The molecule has 0 N–H and O–H groups in total. The average molecular weight is 295 g/mol. The Kier molecular flexibility index (Phi) is 4.18. The van der Waals surface area contributed by atoms with Crippen LogP contribution >= 0.6 is 0 Å². The third kappa shape index (κ3) is 3.16. The summed E-state index contributed by atoms with van der Waals surface area (Å²) in [6, 6.07) is 8.29. The molecule has 22 heavy (non-hydrogen) atoms. The Morgan fingerprint density at radius 2 is 1.95 bits per heavy atom. The Labute approximate surface area is 131 Å². The number of aromatic nitrogens is 2. The molecule has 1 fully saturated rings. The van der Waals surface area contributed by atoms with E-state index in [4.69, 9.17) is 0 Å². The molecule has 114 valence electrons. The Balaban J connectivity index is 1.76. The number of benzene rings is 1. The molecule has 4 heteroatoms.